The van der Waals surface area contributed by atoms with Crippen molar-refractivity contribution in [3.8, 4) is 5.88 Å². The van der Waals surface area contributed by atoms with Crippen LogP contribution in [0.1, 0.15) is 25.5 Å². The SMILES string of the molecule is CCOc1cc(C)nc(NC2CCN(CC(N)=O)CC2)n1. The highest BCUT2D eigenvalue weighted by atomic mass is 16.5. The van der Waals surface area contributed by atoms with Crippen molar-refractivity contribution in [3.63, 3.8) is 0 Å². The van der Waals surface area contributed by atoms with E-state index in [0.29, 0.717) is 31.0 Å². The van der Waals surface area contributed by atoms with Gasteiger partial charge >= 0.3 is 0 Å². The Kier molecular flexibility index (Phi) is 5.32. The van der Waals surface area contributed by atoms with Crippen molar-refractivity contribution in [2.45, 2.75) is 32.7 Å². The molecule has 1 saturated heterocycles. The summed E-state index contributed by atoms with van der Waals surface area (Å²) < 4.78 is 5.43. The van der Waals surface area contributed by atoms with Gasteiger partial charge in [0.25, 0.3) is 0 Å². The first-order valence-corrected chi connectivity index (χ1v) is 7.32. The molecule has 7 nitrogen and oxygen atoms in total. The molecule has 0 saturated carbocycles. The Hall–Kier alpha value is -1.89. The van der Waals surface area contributed by atoms with E-state index in [1.807, 2.05) is 19.9 Å². The quantitative estimate of drug-likeness (QED) is 0.795. The topological polar surface area (TPSA) is 93.4 Å². The molecule has 0 aliphatic carbocycles. The molecule has 2 rings (SSSR count). The molecule has 21 heavy (non-hydrogen) atoms. The normalized spacial score (nSPS) is 16.7. The minimum Gasteiger partial charge on any atom is -0.478 e. The average molecular weight is 293 g/mol. The second-order valence-corrected chi connectivity index (χ2v) is 5.27. The summed E-state index contributed by atoms with van der Waals surface area (Å²) >= 11 is 0. The molecule has 1 aromatic rings. The third kappa shape index (κ3) is 4.86. The van der Waals surface area contributed by atoms with Crippen LogP contribution >= 0.6 is 0 Å². The molecule has 1 fully saturated rings. The standard InChI is InChI=1S/C14H23N5O2/c1-3-21-13-8-10(2)16-14(18-13)17-11-4-6-19(7-5-11)9-12(15)20/h8,11H,3-7,9H2,1-2H3,(H2,15,20)(H,16,17,18). The van der Waals surface area contributed by atoms with Gasteiger partial charge in [0.2, 0.25) is 17.7 Å². The number of ether oxygens (including phenoxy) is 1. The molecule has 0 bridgehead atoms. The molecule has 1 aliphatic rings. The van der Waals surface area contributed by atoms with Gasteiger partial charge in [-0.25, -0.2) is 4.98 Å². The monoisotopic (exact) mass is 293 g/mol. The number of nitrogens with zero attached hydrogens (tertiary/aromatic N) is 3. The van der Waals surface area contributed by atoms with Gasteiger partial charge in [0.1, 0.15) is 0 Å². The van der Waals surface area contributed by atoms with Crippen molar-refractivity contribution in [3.05, 3.63) is 11.8 Å². The Morgan fingerprint density at radius 1 is 1.48 bits per heavy atom. The van der Waals surface area contributed by atoms with E-state index in [-0.39, 0.29) is 5.91 Å². The number of nitrogens with one attached hydrogen (secondary N) is 1. The van der Waals surface area contributed by atoms with Crippen LogP contribution in [0.4, 0.5) is 5.95 Å². The lowest BCUT2D eigenvalue weighted by atomic mass is 10.1. The average Bonchev–Trinajstić information content (AvgIpc) is 2.40. The second-order valence-electron chi connectivity index (χ2n) is 5.27. The fourth-order valence-electron chi connectivity index (χ4n) is 2.46. The first-order valence-electron chi connectivity index (χ1n) is 7.32. The van der Waals surface area contributed by atoms with Gasteiger partial charge in [0, 0.05) is 30.9 Å². The number of hydrogen-bond acceptors (Lipinski definition) is 6. The van der Waals surface area contributed by atoms with E-state index in [9.17, 15) is 4.79 Å². The van der Waals surface area contributed by atoms with E-state index in [4.69, 9.17) is 10.5 Å². The van der Waals surface area contributed by atoms with Gasteiger partial charge in [0.15, 0.2) is 0 Å². The zero-order chi connectivity index (χ0) is 15.2. The Balaban J connectivity index is 1.89. The van der Waals surface area contributed by atoms with E-state index in [1.54, 1.807) is 0 Å². The summed E-state index contributed by atoms with van der Waals surface area (Å²) in [6.45, 7) is 6.48. The summed E-state index contributed by atoms with van der Waals surface area (Å²) in [6, 6.07) is 2.13. The lowest BCUT2D eigenvalue weighted by Crippen LogP contribution is -2.43. The zero-order valence-electron chi connectivity index (χ0n) is 12.6. The molecule has 7 heteroatoms. The Bertz CT molecular complexity index is 486. The highest BCUT2D eigenvalue weighted by Gasteiger charge is 2.20. The van der Waals surface area contributed by atoms with Crippen molar-refractivity contribution < 1.29 is 9.53 Å². The second kappa shape index (κ2) is 7.21. The maximum absolute atomic E-state index is 10.9. The molecule has 1 amide bonds. The maximum Gasteiger partial charge on any atom is 0.231 e. The third-order valence-electron chi connectivity index (χ3n) is 3.42. The Labute approximate surface area is 124 Å². The minimum absolute atomic E-state index is 0.273. The van der Waals surface area contributed by atoms with E-state index in [1.165, 1.54) is 0 Å². The lowest BCUT2D eigenvalue weighted by molar-refractivity contribution is -0.119. The fraction of sp³-hybridized carbons (Fsp3) is 0.643. The number of carbonyl (C=O) groups is 1. The van der Waals surface area contributed by atoms with Crippen LogP contribution in [0.3, 0.4) is 0 Å². The number of anilines is 1. The smallest absolute Gasteiger partial charge is 0.231 e. The molecule has 0 aromatic carbocycles. The number of hydrogen-bond donors (Lipinski definition) is 2. The molecular formula is C14H23N5O2. The Morgan fingerprint density at radius 2 is 2.19 bits per heavy atom. The summed E-state index contributed by atoms with van der Waals surface area (Å²) in [7, 11) is 0. The van der Waals surface area contributed by atoms with Crippen LogP contribution in [-0.4, -0.2) is 53.1 Å². The molecule has 0 atom stereocenters. The van der Waals surface area contributed by atoms with Gasteiger partial charge in [-0.1, -0.05) is 0 Å². The van der Waals surface area contributed by atoms with Crippen molar-refractivity contribution >= 4 is 11.9 Å². The first kappa shape index (κ1) is 15.5. The maximum atomic E-state index is 10.9. The predicted octanol–water partition coefficient (Wildman–Crippen LogP) is 0.545. The van der Waals surface area contributed by atoms with Gasteiger partial charge < -0.3 is 15.8 Å². The van der Waals surface area contributed by atoms with Gasteiger partial charge in [-0.05, 0) is 26.7 Å². The molecule has 0 radical (unpaired) electrons. The molecular weight excluding hydrogens is 270 g/mol. The third-order valence-corrected chi connectivity index (χ3v) is 3.42. The van der Waals surface area contributed by atoms with Crippen LogP contribution in [-0.2, 0) is 4.79 Å². The summed E-state index contributed by atoms with van der Waals surface area (Å²) in [4.78, 5) is 21.7. The number of nitrogens with two attached hydrogens (primary N) is 1. The van der Waals surface area contributed by atoms with E-state index in [2.05, 4.69) is 20.2 Å². The number of aromatic nitrogens is 2. The van der Waals surface area contributed by atoms with E-state index >= 15 is 0 Å². The fourth-order valence-corrected chi connectivity index (χ4v) is 2.46. The molecule has 3 N–H and O–H groups in total. The number of rotatable bonds is 6. The van der Waals surface area contributed by atoms with Crippen molar-refractivity contribution in [1.29, 1.82) is 0 Å². The number of carbonyl (C=O) groups excluding carboxylic acids is 1. The number of piperidine rings is 1. The number of aryl methyl sites for hydroxylation is 1. The van der Waals surface area contributed by atoms with Crippen molar-refractivity contribution in [2.24, 2.45) is 5.73 Å². The predicted molar refractivity (Wildman–Crippen MR) is 80.2 cm³/mol. The van der Waals surface area contributed by atoms with Gasteiger partial charge in [-0.2, -0.15) is 4.98 Å². The molecule has 0 spiro atoms. The summed E-state index contributed by atoms with van der Waals surface area (Å²) in [5.74, 6) is 0.926. The Morgan fingerprint density at radius 3 is 2.81 bits per heavy atom. The van der Waals surface area contributed by atoms with Crippen molar-refractivity contribution in [2.75, 3.05) is 31.6 Å². The van der Waals surface area contributed by atoms with Crippen molar-refractivity contribution in [1.82, 2.24) is 14.9 Å². The minimum atomic E-state index is -0.273. The summed E-state index contributed by atoms with van der Waals surface area (Å²) in [6.07, 6.45) is 1.88. The van der Waals surface area contributed by atoms with E-state index < -0.39 is 0 Å². The van der Waals surface area contributed by atoms with Crippen LogP contribution in [0.25, 0.3) is 0 Å². The zero-order valence-corrected chi connectivity index (χ0v) is 12.6. The largest absolute Gasteiger partial charge is 0.478 e. The molecule has 2 heterocycles. The van der Waals surface area contributed by atoms with Crippen LogP contribution in [0.5, 0.6) is 5.88 Å². The number of primary amides is 1. The van der Waals surface area contributed by atoms with Crippen LogP contribution in [0, 0.1) is 6.92 Å². The van der Waals surface area contributed by atoms with Gasteiger partial charge in [-0.15, -0.1) is 0 Å². The number of likely N-dealkylation sites (tertiary alicyclic amines) is 1. The first-order chi connectivity index (χ1) is 10.1. The van der Waals surface area contributed by atoms with E-state index in [0.717, 1.165) is 31.6 Å². The number of amides is 1. The molecule has 1 aliphatic heterocycles. The molecule has 0 unspecified atom stereocenters. The van der Waals surface area contributed by atoms with Gasteiger partial charge in [-0.3, -0.25) is 9.69 Å². The summed E-state index contributed by atoms with van der Waals surface area (Å²) in [5.41, 5.74) is 6.09. The van der Waals surface area contributed by atoms with Crippen LogP contribution < -0.4 is 15.8 Å². The molecule has 116 valence electrons. The molecule has 1 aromatic heterocycles. The lowest BCUT2D eigenvalue weighted by Gasteiger charge is -2.31. The highest BCUT2D eigenvalue weighted by Crippen LogP contribution is 2.17. The van der Waals surface area contributed by atoms with Crippen LogP contribution in [0.15, 0.2) is 6.07 Å². The van der Waals surface area contributed by atoms with Gasteiger partial charge in [0.05, 0.1) is 13.2 Å². The summed E-state index contributed by atoms with van der Waals surface area (Å²) in [5, 5.41) is 3.35. The van der Waals surface area contributed by atoms with Crippen LogP contribution in [0.2, 0.25) is 0 Å². The highest BCUT2D eigenvalue weighted by molar-refractivity contribution is 5.75.